The Kier molecular flexibility index (Phi) is 29.8. The molecule has 5 fully saturated rings. The Morgan fingerprint density at radius 3 is 1.90 bits per heavy atom. The van der Waals surface area contributed by atoms with Gasteiger partial charge in [0.25, 0.3) is 0 Å². The summed E-state index contributed by atoms with van der Waals surface area (Å²) in [5.41, 5.74) is -5.26. The van der Waals surface area contributed by atoms with Crippen LogP contribution in [0.4, 0.5) is 35.1 Å². The van der Waals surface area contributed by atoms with Crippen LogP contribution in [-0.4, -0.2) is 277 Å². The predicted molar refractivity (Wildman–Crippen MR) is 387 cm³/mol. The van der Waals surface area contributed by atoms with E-state index in [1.807, 2.05) is 0 Å². The van der Waals surface area contributed by atoms with E-state index in [2.05, 4.69) is 16.0 Å². The van der Waals surface area contributed by atoms with Crippen molar-refractivity contribution >= 4 is 70.9 Å². The van der Waals surface area contributed by atoms with Crippen LogP contribution in [0, 0.1) is 29.4 Å². The summed E-state index contributed by atoms with van der Waals surface area (Å²) < 4.78 is 125. The van der Waals surface area contributed by atoms with Gasteiger partial charge in [0.05, 0.1) is 37.8 Å². The number of nitrogens with one attached hydrogen (secondary N) is 3. The Bertz CT molecular complexity index is 3740. The number of amides is 12. The molecule has 1 spiro atoms. The van der Waals surface area contributed by atoms with Gasteiger partial charge in [-0.1, -0.05) is 70.2 Å². The molecule has 26 nitrogen and oxygen atoms in total. The summed E-state index contributed by atoms with van der Waals surface area (Å²) in [6.45, 7) is 3.00. The Labute approximate surface area is 641 Å². The second-order valence-corrected chi connectivity index (χ2v) is 30.6. The van der Waals surface area contributed by atoms with Gasteiger partial charge in [0.2, 0.25) is 70.9 Å². The van der Waals surface area contributed by atoms with E-state index in [0.717, 1.165) is 60.7 Å². The minimum atomic E-state index is -5.46. The monoisotopic (exact) mass is 1570 g/mol. The molecule has 2 saturated heterocycles. The van der Waals surface area contributed by atoms with Gasteiger partial charge in [0.1, 0.15) is 71.1 Å². The largest absolute Gasteiger partial charge is 0.422 e. The number of likely N-dealkylation sites (N-methyl/N-ethyl adjacent to an activating group) is 7. The van der Waals surface area contributed by atoms with Crippen molar-refractivity contribution < 1.29 is 102 Å². The second kappa shape index (κ2) is 37.7. The summed E-state index contributed by atoms with van der Waals surface area (Å²) in [4.78, 5) is 192. The zero-order chi connectivity index (χ0) is 81.9. The van der Waals surface area contributed by atoms with E-state index in [4.69, 9.17) is 9.47 Å². The van der Waals surface area contributed by atoms with E-state index in [1.165, 1.54) is 64.1 Å². The summed E-state index contributed by atoms with van der Waals surface area (Å²) in [7, 11) is 10.8. The lowest BCUT2D eigenvalue weighted by atomic mass is 9.74. The van der Waals surface area contributed by atoms with E-state index in [0.29, 0.717) is 63.5 Å². The van der Waals surface area contributed by atoms with Crippen LogP contribution in [0.15, 0.2) is 48.6 Å². The van der Waals surface area contributed by atoms with Crippen LogP contribution in [0.5, 0.6) is 0 Å². The molecule has 8 rings (SSSR count). The molecule has 34 heteroatoms. The molecule has 2 bridgehead atoms. The number of carbonyl (C=O) groups is 12. The number of carbonyl (C=O) groups excluding carboxylic acids is 12. The van der Waals surface area contributed by atoms with Gasteiger partial charge < -0.3 is 69.5 Å². The van der Waals surface area contributed by atoms with Crippen molar-refractivity contribution in [2.45, 2.75) is 209 Å². The zero-order valence-electron chi connectivity index (χ0n) is 65.0. The van der Waals surface area contributed by atoms with Crippen LogP contribution in [0.1, 0.15) is 146 Å². The molecule has 3 heterocycles. The number of hydrogen-bond acceptors (Lipinski definition) is 14. The highest BCUT2D eigenvalue weighted by Gasteiger charge is 2.54. The van der Waals surface area contributed by atoms with Crippen LogP contribution in [0.2, 0.25) is 0 Å². The van der Waals surface area contributed by atoms with Gasteiger partial charge in [-0.25, -0.2) is 8.78 Å². The van der Waals surface area contributed by atoms with Crippen molar-refractivity contribution in [3.05, 3.63) is 82.4 Å². The molecule has 2 aromatic rings. The number of aryl methyl sites for hydroxylation is 1. The summed E-state index contributed by atoms with van der Waals surface area (Å²) in [5, 5.41) is 8.32. The third-order valence-corrected chi connectivity index (χ3v) is 22.8. The topological polar surface area (TPSA) is 289 Å². The van der Waals surface area contributed by atoms with Crippen LogP contribution < -0.4 is 16.0 Å². The Morgan fingerprint density at radius 2 is 1.32 bits per heavy atom. The number of rotatable bonds is 16. The molecule has 0 radical (unpaired) electrons. The maximum absolute atomic E-state index is 15.7. The van der Waals surface area contributed by atoms with Gasteiger partial charge in [0, 0.05) is 95.5 Å². The highest BCUT2D eigenvalue weighted by atomic mass is 19.4. The lowest BCUT2D eigenvalue weighted by Gasteiger charge is -2.46. The van der Waals surface area contributed by atoms with Gasteiger partial charge in [-0.15, -0.1) is 0 Å². The lowest BCUT2D eigenvalue weighted by Crippen LogP contribution is -2.68. The fourth-order valence-corrected chi connectivity index (χ4v) is 15.6. The number of halogens is 8. The van der Waals surface area contributed by atoms with Crippen LogP contribution in [0.3, 0.4) is 0 Å². The Morgan fingerprint density at radius 1 is 0.685 bits per heavy atom. The quantitative estimate of drug-likeness (QED) is 0.138. The van der Waals surface area contributed by atoms with Gasteiger partial charge >= 0.3 is 12.4 Å². The summed E-state index contributed by atoms with van der Waals surface area (Å²) in [6.07, 6.45) is -5.99. The molecule has 12 amide bonds. The van der Waals surface area contributed by atoms with E-state index >= 15 is 47.1 Å². The zero-order valence-corrected chi connectivity index (χ0v) is 65.0. The molecule has 2 aromatic carbocycles. The van der Waals surface area contributed by atoms with Gasteiger partial charge in [-0.05, 0) is 124 Å². The van der Waals surface area contributed by atoms with E-state index in [-0.39, 0.29) is 82.9 Å². The normalized spacial score (nSPS) is 26.3. The molecule has 0 aromatic heterocycles. The van der Waals surface area contributed by atoms with Crippen LogP contribution in [-0.2, 0) is 92.2 Å². The molecular weight excluding hydrogens is 1470 g/mol. The fraction of sp³-hybridized carbons (Fsp3) is 0.662. The SMILES string of the molecule is CCO[C@@H]1C[C@H]2C(=O)NC3(CCC3)C(=O)N(C)[C@@H](C3CCCC3)C(=O)N(C)[C@H](C(=O)N(C)CCOC)CC(=O)N(C)[C@@H](CC3CC3)C(=O)N[C@@H]([C@@H](C)CC)C(=O)N(C)CC(=O)N(C)[C@@H]3C/C=C\CCN(C3=O)[C@@H](Cc3ccc(C(F)(F)F)cc3)C(=O)N(C)CC(=O)N[C@@H](CCc3cc(F)c(C(F)(F)F)c(F)c3)C(=O)N2C1. The van der Waals surface area contributed by atoms with Crippen LogP contribution >= 0.6 is 0 Å². The predicted octanol–water partition coefficient (Wildman–Crippen LogP) is 5.51. The van der Waals surface area contributed by atoms with Gasteiger partial charge in [-0.2, -0.15) is 26.3 Å². The molecule has 3 saturated carbocycles. The van der Waals surface area contributed by atoms with Crippen LogP contribution in [0.25, 0.3) is 0 Å². The molecular formula is C77H106F8N12O14. The molecule has 3 N–H and O–H groups in total. The van der Waals surface area contributed by atoms with E-state index in [9.17, 15) is 45.5 Å². The number of benzene rings is 2. The summed E-state index contributed by atoms with van der Waals surface area (Å²) in [6, 6.07) is -7.33. The highest BCUT2D eigenvalue weighted by Crippen LogP contribution is 2.40. The number of hydrogen-bond donors (Lipinski definition) is 3. The number of fused-ring (bicyclic) bond motifs is 3. The molecule has 6 aliphatic rings. The van der Waals surface area contributed by atoms with Crippen molar-refractivity contribution in [1.82, 2.24) is 60.0 Å². The van der Waals surface area contributed by atoms with Crippen molar-refractivity contribution in [2.24, 2.45) is 17.8 Å². The third-order valence-electron chi connectivity index (χ3n) is 22.8. The number of alkyl halides is 6. The van der Waals surface area contributed by atoms with E-state index in [1.54, 1.807) is 32.9 Å². The first-order chi connectivity index (χ1) is 52.3. The van der Waals surface area contributed by atoms with Crippen molar-refractivity contribution in [1.29, 1.82) is 0 Å². The van der Waals surface area contributed by atoms with Crippen molar-refractivity contribution in [3.8, 4) is 0 Å². The lowest BCUT2D eigenvalue weighted by molar-refractivity contribution is -0.158. The Hall–Kier alpha value is -8.82. The highest BCUT2D eigenvalue weighted by molar-refractivity contribution is 6.01. The summed E-state index contributed by atoms with van der Waals surface area (Å²) >= 11 is 0. The Balaban J connectivity index is 1.23. The molecule has 614 valence electrons. The second-order valence-electron chi connectivity index (χ2n) is 30.6. The standard InChI is InChI=1S/C77H106F8N12O14/c1-12-45(3)64-72(107)91(6)44-62(100)92(7)55-22-15-14-18-33-96(71(55)106)59(39-47-25-28-50(29-26-47)76(80,81)82)70(105)90(5)43-60(98)86-54(30-27-48-36-52(78)63(53(79)37-48)77(83,84)85)68(103)97-42-51(111-13-2)40-57(97)67(102)88-75(31-19-32-75)74(109)95(10)65(49-20-16-17-21-49)73(108)94(9)58(69(104)89(4)34-35-110-11)41-61(99)93(8)56(66(101)87-64)38-46-23-24-46/h14-15,25-26,28-29,36-37,45-46,49,51,54-59,64-65H,12-13,16-24,27,30-35,38-44H2,1-11H3,(H,86,98)(H,87,101)(H,88,102)/b15-14-/t45-,51+,54-,55+,56-,57-,58-,59-,64-,65-/m0/s1. The maximum Gasteiger partial charge on any atom is 0.422 e. The molecule has 10 atom stereocenters. The molecule has 3 aliphatic heterocycles. The average molecular weight is 1580 g/mol. The maximum atomic E-state index is 15.7. The summed E-state index contributed by atoms with van der Waals surface area (Å²) in [5.74, 6) is -15.1. The molecule has 0 unspecified atom stereocenters. The number of methoxy groups -OCH3 is 1. The minimum Gasteiger partial charge on any atom is -0.383 e. The first-order valence-electron chi connectivity index (χ1n) is 38.1. The number of ether oxygens (including phenoxy) is 2. The van der Waals surface area contributed by atoms with Gasteiger partial charge in [0.15, 0.2) is 0 Å². The first kappa shape index (κ1) is 87.8. The van der Waals surface area contributed by atoms with Crippen molar-refractivity contribution in [3.63, 3.8) is 0 Å². The van der Waals surface area contributed by atoms with Gasteiger partial charge in [-0.3, -0.25) is 57.5 Å². The first-order valence-corrected chi connectivity index (χ1v) is 38.1. The fourth-order valence-electron chi connectivity index (χ4n) is 15.6. The average Bonchev–Trinajstić information content (AvgIpc) is 1.75. The minimum absolute atomic E-state index is 0.0143. The molecule has 3 aliphatic carbocycles. The van der Waals surface area contributed by atoms with E-state index < -0.39 is 222 Å². The number of nitrogens with zero attached hydrogens (tertiary/aromatic N) is 9. The van der Waals surface area contributed by atoms with Crippen molar-refractivity contribution in [2.75, 3.05) is 102 Å². The smallest absolute Gasteiger partial charge is 0.383 e. The third kappa shape index (κ3) is 21.3. The molecule has 111 heavy (non-hydrogen) atoms.